The van der Waals surface area contributed by atoms with E-state index in [4.69, 9.17) is 0 Å². The predicted molar refractivity (Wildman–Crippen MR) is 174 cm³/mol. The second-order valence-corrected chi connectivity index (χ2v) is 11.1. The van der Waals surface area contributed by atoms with Crippen molar-refractivity contribution < 1.29 is 0 Å². The van der Waals surface area contributed by atoms with Gasteiger partial charge in [0.25, 0.3) is 0 Å². The SMILES string of the molecule is C/C=C(\C)c1ccc(-n2c3c(c4ccccc42)C2CC2c2ccc4ccccc4c2-3)cc1.C=C(C)/C=C\C=C/C. The van der Waals surface area contributed by atoms with Gasteiger partial charge in [-0.05, 0) is 97.2 Å². The average molecular weight is 520 g/mol. The highest BCUT2D eigenvalue weighted by molar-refractivity contribution is 6.06. The van der Waals surface area contributed by atoms with Gasteiger partial charge in [-0.1, -0.05) is 109 Å². The van der Waals surface area contributed by atoms with Gasteiger partial charge in [-0.3, -0.25) is 0 Å². The molecule has 0 radical (unpaired) electrons. The number of rotatable bonds is 4. The Balaban J connectivity index is 0.000000319. The van der Waals surface area contributed by atoms with E-state index in [1.54, 1.807) is 5.56 Å². The Morgan fingerprint density at radius 2 is 1.52 bits per heavy atom. The summed E-state index contributed by atoms with van der Waals surface area (Å²) in [5, 5.41) is 4.12. The summed E-state index contributed by atoms with van der Waals surface area (Å²) in [4.78, 5) is 0. The lowest BCUT2D eigenvalue weighted by Gasteiger charge is -2.22. The van der Waals surface area contributed by atoms with E-state index in [2.05, 4.69) is 116 Å². The molecule has 1 saturated carbocycles. The molecule has 0 bridgehead atoms. The zero-order valence-corrected chi connectivity index (χ0v) is 24.0. The van der Waals surface area contributed by atoms with Crippen LogP contribution in [0.3, 0.4) is 0 Å². The molecule has 1 nitrogen and oxygen atoms in total. The summed E-state index contributed by atoms with van der Waals surface area (Å²) in [7, 11) is 0. The fraction of sp³-hybridized carbons (Fsp3) is 0.179. The van der Waals surface area contributed by atoms with E-state index in [0.29, 0.717) is 11.8 Å². The normalized spacial score (nSPS) is 17.4. The van der Waals surface area contributed by atoms with E-state index in [1.807, 2.05) is 38.2 Å². The Labute approximate surface area is 238 Å². The third kappa shape index (κ3) is 4.46. The van der Waals surface area contributed by atoms with Gasteiger partial charge in [0.15, 0.2) is 0 Å². The first-order valence-corrected chi connectivity index (χ1v) is 14.4. The Morgan fingerprint density at radius 1 is 0.800 bits per heavy atom. The molecule has 198 valence electrons. The highest BCUT2D eigenvalue weighted by Crippen LogP contribution is 2.65. The molecule has 2 atom stereocenters. The smallest absolute Gasteiger partial charge is 0.0585 e. The van der Waals surface area contributed by atoms with Crippen molar-refractivity contribution in [3.8, 4) is 16.9 Å². The molecule has 2 unspecified atom stereocenters. The topological polar surface area (TPSA) is 4.93 Å². The first-order chi connectivity index (χ1) is 19.5. The monoisotopic (exact) mass is 519 g/mol. The summed E-state index contributed by atoms with van der Waals surface area (Å²) in [5.74, 6) is 1.32. The molecular weight excluding hydrogens is 482 g/mol. The van der Waals surface area contributed by atoms with Crippen LogP contribution in [0.4, 0.5) is 0 Å². The number of para-hydroxylation sites is 1. The van der Waals surface area contributed by atoms with Gasteiger partial charge in [-0.15, -0.1) is 0 Å². The van der Waals surface area contributed by atoms with Crippen LogP contribution in [0.25, 0.3) is 44.2 Å². The van der Waals surface area contributed by atoms with Crippen LogP contribution in [-0.4, -0.2) is 4.57 Å². The Morgan fingerprint density at radius 3 is 2.25 bits per heavy atom. The van der Waals surface area contributed by atoms with Crippen LogP contribution in [-0.2, 0) is 0 Å². The minimum absolute atomic E-state index is 0.648. The summed E-state index contributed by atoms with van der Waals surface area (Å²) >= 11 is 0. The van der Waals surface area contributed by atoms with E-state index in [0.717, 1.165) is 5.57 Å². The summed E-state index contributed by atoms with van der Waals surface area (Å²) in [5.41, 5.74) is 12.2. The molecule has 1 aromatic heterocycles. The highest BCUT2D eigenvalue weighted by Gasteiger charge is 2.48. The lowest BCUT2D eigenvalue weighted by molar-refractivity contribution is 0.992. The Kier molecular flexibility index (Phi) is 6.90. The number of fused-ring (bicyclic) bond motifs is 10. The van der Waals surface area contributed by atoms with E-state index in [9.17, 15) is 0 Å². The van der Waals surface area contributed by atoms with Crippen LogP contribution in [0.15, 0.2) is 127 Å². The molecule has 2 aliphatic rings. The fourth-order valence-electron chi connectivity index (χ4n) is 6.25. The van der Waals surface area contributed by atoms with Crippen LogP contribution in [0.2, 0.25) is 0 Å². The zero-order valence-electron chi connectivity index (χ0n) is 24.0. The molecule has 1 heterocycles. The van der Waals surface area contributed by atoms with E-state index in [-0.39, 0.29) is 0 Å². The first kappa shape index (κ1) is 25.9. The van der Waals surface area contributed by atoms with Crippen molar-refractivity contribution in [1.29, 1.82) is 0 Å². The van der Waals surface area contributed by atoms with Gasteiger partial charge >= 0.3 is 0 Å². The Bertz CT molecular complexity index is 1820. The molecule has 0 spiro atoms. The molecule has 4 aromatic carbocycles. The quantitative estimate of drug-likeness (QED) is 0.208. The van der Waals surface area contributed by atoms with Crippen molar-refractivity contribution in [2.24, 2.45) is 0 Å². The van der Waals surface area contributed by atoms with Gasteiger partial charge in [0.2, 0.25) is 0 Å². The van der Waals surface area contributed by atoms with Gasteiger partial charge in [0, 0.05) is 16.6 Å². The molecule has 0 aliphatic heterocycles. The maximum Gasteiger partial charge on any atom is 0.0585 e. The van der Waals surface area contributed by atoms with Crippen molar-refractivity contribution in [2.45, 2.75) is 46.0 Å². The molecule has 1 fully saturated rings. The standard InChI is InChI=1S/C31H25N.C8H12/c1-3-19(2)20-12-15-22(16-13-20)32-28-11-7-6-10-25(28)30-27-18-26(27)24-17-14-21-8-4-5-9-23(21)29(24)31(30)32;1-4-5-6-7-8(2)3/h3-17,26-27H,18H2,1-2H3;4-7H,2H2,1,3H3/b19-3+;5-4-,7-6-. The highest BCUT2D eigenvalue weighted by atomic mass is 15.0. The zero-order chi connectivity index (χ0) is 27.8. The second kappa shape index (κ2) is 10.7. The largest absolute Gasteiger partial charge is 0.309 e. The summed E-state index contributed by atoms with van der Waals surface area (Å²) in [6.45, 7) is 11.9. The summed E-state index contributed by atoms with van der Waals surface area (Å²) in [6, 6.07) is 31.7. The number of aromatic nitrogens is 1. The van der Waals surface area contributed by atoms with Gasteiger partial charge in [-0.25, -0.2) is 0 Å². The first-order valence-electron chi connectivity index (χ1n) is 14.4. The van der Waals surface area contributed by atoms with E-state index < -0.39 is 0 Å². The van der Waals surface area contributed by atoms with Crippen LogP contribution in [0, 0.1) is 0 Å². The fourth-order valence-corrected chi connectivity index (χ4v) is 6.25. The van der Waals surface area contributed by atoms with E-state index >= 15 is 0 Å². The molecule has 0 saturated heterocycles. The molecule has 40 heavy (non-hydrogen) atoms. The van der Waals surface area contributed by atoms with Crippen LogP contribution < -0.4 is 0 Å². The lowest BCUT2D eigenvalue weighted by Crippen LogP contribution is -2.04. The predicted octanol–water partition coefficient (Wildman–Crippen LogP) is 11.2. The van der Waals surface area contributed by atoms with Gasteiger partial charge in [-0.2, -0.15) is 0 Å². The van der Waals surface area contributed by atoms with Gasteiger partial charge in [0.1, 0.15) is 0 Å². The molecule has 7 rings (SSSR count). The number of allylic oxidation sites excluding steroid dienone is 7. The van der Waals surface area contributed by atoms with Crippen LogP contribution >= 0.6 is 0 Å². The van der Waals surface area contributed by atoms with Crippen LogP contribution in [0.5, 0.6) is 0 Å². The number of hydrogen-bond acceptors (Lipinski definition) is 0. The third-order valence-corrected chi connectivity index (χ3v) is 8.37. The van der Waals surface area contributed by atoms with Crippen molar-refractivity contribution in [2.75, 3.05) is 0 Å². The van der Waals surface area contributed by atoms with Crippen molar-refractivity contribution in [3.63, 3.8) is 0 Å². The molecule has 2 aliphatic carbocycles. The van der Waals surface area contributed by atoms with Crippen molar-refractivity contribution in [1.82, 2.24) is 4.57 Å². The summed E-state index contributed by atoms with van der Waals surface area (Å²) < 4.78 is 2.53. The molecular formula is C39H37N. The maximum absolute atomic E-state index is 3.71. The van der Waals surface area contributed by atoms with Gasteiger partial charge in [0.05, 0.1) is 11.2 Å². The lowest BCUT2D eigenvalue weighted by atomic mass is 9.85. The average Bonchev–Trinajstić information content (AvgIpc) is 3.71. The van der Waals surface area contributed by atoms with Gasteiger partial charge < -0.3 is 4.57 Å². The molecule has 0 amide bonds. The molecule has 0 N–H and O–H groups in total. The van der Waals surface area contributed by atoms with E-state index in [1.165, 1.54) is 61.7 Å². The maximum atomic E-state index is 3.71. The van der Waals surface area contributed by atoms with Crippen LogP contribution in [0.1, 0.15) is 62.6 Å². The number of benzene rings is 4. The minimum atomic E-state index is 0.648. The number of hydrogen-bond donors (Lipinski definition) is 0. The Hall–Kier alpha value is -4.36. The third-order valence-electron chi connectivity index (χ3n) is 8.37. The number of nitrogens with zero attached hydrogens (tertiary/aromatic N) is 1. The molecule has 1 heteroatoms. The second-order valence-electron chi connectivity index (χ2n) is 11.1. The summed E-state index contributed by atoms with van der Waals surface area (Å²) in [6.07, 6.45) is 11.4. The molecule has 5 aromatic rings. The minimum Gasteiger partial charge on any atom is -0.309 e. The van der Waals surface area contributed by atoms with Crippen molar-refractivity contribution >= 4 is 27.2 Å². The van der Waals surface area contributed by atoms with Crippen molar-refractivity contribution in [3.05, 3.63) is 144 Å².